The van der Waals surface area contributed by atoms with Crippen molar-refractivity contribution in [1.82, 2.24) is 10.2 Å². The Kier molecular flexibility index (Phi) is 3.09. The van der Waals surface area contributed by atoms with Crippen molar-refractivity contribution >= 4 is 18.4 Å². The lowest BCUT2D eigenvalue weighted by atomic mass is 9.92. The molecular weight excluding hydrogens is 226 g/mol. The van der Waals surface area contributed by atoms with Crippen LogP contribution in [0.2, 0.25) is 0 Å². The molecule has 0 aliphatic carbocycles. The lowest BCUT2D eigenvalue weighted by Crippen LogP contribution is -2.53. The highest BCUT2D eigenvalue weighted by Crippen LogP contribution is 2.25. The second-order valence-corrected chi connectivity index (χ2v) is 5.19. The number of amidine groups is 1. The van der Waals surface area contributed by atoms with E-state index in [1.165, 1.54) is 6.42 Å². The zero-order valence-electron chi connectivity index (χ0n) is 10.9. The first kappa shape index (κ1) is 11.7. The lowest BCUT2D eigenvalue weighted by molar-refractivity contribution is 0.126. The van der Waals surface area contributed by atoms with Crippen LogP contribution >= 0.6 is 0 Å². The van der Waals surface area contributed by atoms with Gasteiger partial charge in [0.25, 0.3) is 0 Å². The number of fused-ring (bicyclic) bond motifs is 1. The molecule has 0 aromatic heterocycles. The molecular formula is C13H19N5. The Morgan fingerprint density at radius 3 is 3.17 bits per heavy atom. The monoisotopic (exact) mass is 245 g/mol. The fourth-order valence-electron chi connectivity index (χ4n) is 2.90. The van der Waals surface area contributed by atoms with Crippen molar-refractivity contribution in [3.63, 3.8) is 0 Å². The molecule has 0 spiro atoms. The number of likely N-dealkylation sites (N-methyl/N-ethyl adjacent to an activating group) is 1. The Bertz CT molecular complexity index is 448. The van der Waals surface area contributed by atoms with Gasteiger partial charge in [0, 0.05) is 24.4 Å². The summed E-state index contributed by atoms with van der Waals surface area (Å²) in [7, 11) is 2.15. The molecule has 1 fully saturated rings. The van der Waals surface area contributed by atoms with Crippen LogP contribution in [0.3, 0.4) is 0 Å². The highest BCUT2D eigenvalue weighted by Gasteiger charge is 2.33. The van der Waals surface area contributed by atoms with Crippen LogP contribution in [0.5, 0.6) is 0 Å². The van der Waals surface area contributed by atoms with E-state index >= 15 is 0 Å². The maximum atomic E-state index is 4.52. The third-order valence-corrected chi connectivity index (χ3v) is 4.07. The summed E-state index contributed by atoms with van der Waals surface area (Å²) in [5.41, 5.74) is 1.12. The van der Waals surface area contributed by atoms with Crippen LogP contribution in [0.4, 0.5) is 0 Å². The third-order valence-electron chi connectivity index (χ3n) is 4.07. The predicted molar refractivity (Wildman–Crippen MR) is 74.5 cm³/mol. The number of hydrogen-bond acceptors (Lipinski definition) is 5. The maximum absolute atomic E-state index is 4.52. The molecule has 3 aliphatic heterocycles. The number of nitrogens with zero attached hydrogens (tertiary/aromatic N) is 4. The summed E-state index contributed by atoms with van der Waals surface area (Å²) in [6.07, 6.45) is 6.76. The van der Waals surface area contributed by atoms with Gasteiger partial charge in [-0.2, -0.15) is 0 Å². The van der Waals surface area contributed by atoms with Gasteiger partial charge in [0.1, 0.15) is 12.5 Å². The van der Waals surface area contributed by atoms with Crippen molar-refractivity contribution in [2.24, 2.45) is 20.9 Å². The predicted octanol–water partition coefficient (Wildman–Crippen LogP) is 0.693. The summed E-state index contributed by atoms with van der Waals surface area (Å²) in [5, 5.41) is 3.47. The average Bonchev–Trinajstić information content (AvgIpc) is 2.86. The van der Waals surface area contributed by atoms with Gasteiger partial charge in [0.05, 0.1) is 0 Å². The topological polar surface area (TPSA) is 52.3 Å². The second kappa shape index (κ2) is 4.74. The van der Waals surface area contributed by atoms with Crippen LogP contribution < -0.4 is 5.32 Å². The number of allylic oxidation sites excluding steroid dienone is 1. The van der Waals surface area contributed by atoms with Crippen molar-refractivity contribution in [1.29, 1.82) is 0 Å². The molecule has 5 nitrogen and oxygen atoms in total. The Morgan fingerprint density at radius 2 is 2.33 bits per heavy atom. The maximum Gasteiger partial charge on any atom is 0.160 e. The molecule has 0 radical (unpaired) electrons. The van der Waals surface area contributed by atoms with E-state index in [1.807, 2.05) is 12.3 Å². The molecule has 0 amide bonds. The molecule has 5 heteroatoms. The minimum Gasteiger partial charge on any atom is -0.315 e. The fourth-order valence-corrected chi connectivity index (χ4v) is 2.90. The minimum absolute atomic E-state index is 0.0624. The van der Waals surface area contributed by atoms with Gasteiger partial charge in [0.15, 0.2) is 5.84 Å². The number of rotatable bonds is 2. The Morgan fingerprint density at radius 1 is 1.44 bits per heavy atom. The molecule has 0 aromatic carbocycles. The molecule has 3 aliphatic rings. The van der Waals surface area contributed by atoms with E-state index in [2.05, 4.69) is 39.2 Å². The molecule has 0 aromatic rings. The molecule has 18 heavy (non-hydrogen) atoms. The molecule has 0 unspecified atom stereocenters. The van der Waals surface area contributed by atoms with Gasteiger partial charge in [-0.15, -0.1) is 0 Å². The third kappa shape index (κ3) is 1.93. The first-order chi connectivity index (χ1) is 8.77. The van der Waals surface area contributed by atoms with Gasteiger partial charge in [-0.3, -0.25) is 4.90 Å². The summed E-state index contributed by atoms with van der Waals surface area (Å²) in [6.45, 7) is 4.48. The van der Waals surface area contributed by atoms with Gasteiger partial charge in [0.2, 0.25) is 0 Å². The largest absolute Gasteiger partial charge is 0.315 e. The van der Waals surface area contributed by atoms with Crippen molar-refractivity contribution in [2.45, 2.75) is 25.6 Å². The van der Waals surface area contributed by atoms with Crippen LogP contribution in [0, 0.1) is 5.92 Å². The van der Waals surface area contributed by atoms with Gasteiger partial charge in [-0.1, -0.05) is 6.92 Å². The summed E-state index contributed by atoms with van der Waals surface area (Å²) in [4.78, 5) is 15.3. The fraction of sp³-hybridized carbons (Fsp3) is 0.615. The van der Waals surface area contributed by atoms with Crippen LogP contribution in [-0.2, 0) is 0 Å². The van der Waals surface area contributed by atoms with E-state index in [4.69, 9.17) is 0 Å². The summed E-state index contributed by atoms with van der Waals surface area (Å²) in [6, 6.07) is 0.516. The van der Waals surface area contributed by atoms with Gasteiger partial charge in [-0.25, -0.2) is 15.0 Å². The highest BCUT2D eigenvalue weighted by molar-refractivity contribution is 6.14. The number of nitrogens with one attached hydrogen (secondary N) is 1. The standard InChI is InChI=1S/C13H19N5/c1-9-3-5-14-7-11(9)18(2)13-10-4-6-15-12(10)16-8-17-13/h4,6,8-9,11,13-14H,3,5,7H2,1-2H3/t9-,11-,13+/m1/s1. The minimum atomic E-state index is 0.0624. The van der Waals surface area contributed by atoms with Crippen LogP contribution in [0.1, 0.15) is 13.3 Å². The second-order valence-electron chi connectivity index (χ2n) is 5.19. The van der Waals surface area contributed by atoms with Crippen molar-refractivity contribution in [3.05, 3.63) is 11.6 Å². The molecule has 1 saturated heterocycles. The van der Waals surface area contributed by atoms with Crippen LogP contribution in [0.25, 0.3) is 0 Å². The highest BCUT2D eigenvalue weighted by atomic mass is 15.3. The van der Waals surface area contributed by atoms with E-state index in [9.17, 15) is 0 Å². The van der Waals surface area contributed by atoms with Crippen LogP contribution in [0.15, 0.2) is 26.6 Å². The van der Waals surface area contributed by atoms with Crippen molar-refractivity contribution < 1.29 is 0 Å². The van der Waals surface area contributed by atoms with Gasteiger partial charge >= 0.3 is 0 Å². The van der Waals surface area contributed by atoms with Crippen molar-refractivity contribution in [2.75, 3.05) is 20.1 Å². The number of piperidine rings is 1. The molecule has 3 rings (SSSR count). The molecule has 96 valence electrons. The van der Waals surface area contributed by atoms with E-state index in [1.54, 1.807) is 6.34 Å². The molecule has 0 saturated carbocycles. The van der Waals surface area contributed by atoms with E-state index in [0.717, 1.165) is 24.5 Å². The Labute approximate surface area is 107 Å². The lowest BCUT2D eigenvalue weighted by Gasteiger charge is -2.40. The molecule has 3 heterocycles. The van der Waals surface area contributed by atoms with Gasteiger partial charge < -0.3 is 5.32 Å². The molecule has 0 bridgehead atoms. The summed E-state index contributed by atoms with van der Waals surface area (Å²) in [5.74, 6) is 1.51. The average molecular weight is 245 g/mol. The smallest absolute Gasteiger partial charge is 0.160 e. The summed E-state index contributed by atoms with van der Waals surface area (Å²) >= 11 is 0. The van der Waals surface area contributed by atoms with E-state index in [0.29, 0.717) is 12.0 Å². The number of aliphatic imine (C=N–C) groups is 3. The normalized spacial score (nSPS) is 34.5. The first-order valence-electron chi connectivity index (χ1n) is 6.54. The van der Waals surface area contributed by atoms with E-state index < -0.39 is 0 Å². The Hall–Kier alpha value is -1.33. The van der Waals surface area contributed by atoms with E-state index in [-0.39, 0.29) is 6.17 Å². The quantitative estimate of drug-likeness (QED) is 0.778. The zero-order chi connectivity index (χ0) is 12.5. The zero-order valence-corrected chi connectivity index (χ0v) is 10.9. The Balaban J connectivity index is 1.78. The SMILES string of the molecule is C[C@@H]1CCNC[C@H]1N(C)[C@@H]1N=CN=C2N=CC=C21. The summed E-state index contributed by atoms with van der Waals surface area (Å²) < 4.78 is 0. The molecule has 3 atom stereocenters. The van der Waals surface area contributed by atoms with Crippen LogP contribution in [-0.4, -0.2) is 55.6 Å². The van der Waals surface area contributed by atoms with Crippen molar-refractivity contribution in [3.8, 4) is 0 Å². The van der Waals surface area contributed by atoms with Gasteiger partial charge in [-0.05, 0) is 32.0 Å². The number of hydrogen-bond donors (Lipinski definition) is 1. The molecule has 1 N–H and O–H groups in total. The first-order valence-corrected chi connectivity index (χ1v) is 6.54.